The Balaban J connectivity index is 1.84. The zero-order valence-electron chi connectivity index (χ0n) is 15.1. The second-order valence-electron chi connectivity index (χ2n) is 5.88. The smallest absolute Gasteiger partial charge is 0.224 e. The molecule has 1 amide bonds. The van der Waals surface area contributed by atoms with Gasteiger partial charge in [-0.2, -0.15) is 0 Å². The molecule has 0 bridgehead atoms. The minimum absolute atomic E-state index is 0.0563. The Labute approximate surface area is 152 Å². The van der Waals surface area contributed by atoms with Crippen LogP contribution in [0.3, 0.4) is 0 Å². The van der Waals surface area contributed by atoms with Crippen LogP contribution in [0.1, 0.15) is 35.7 Å². The third-order valence-electron chi connectivity index (χ3n) is 3.85. The number of methoxy groups -OCH3 is 1. The van der Waals surface area contributed by atoms with Gasteiger partial charge in [-0.25, -0.2) is 4.39 Å². The van der Waals surface area contributed by atoms with E-state index in [-0.39, 0.29) is 18.1 Å². The van der Waals surface area contributed by atoms with Gasteiger partial charge in [0.1, 0.15) is 5.82 Å². The number of ether oxygens (including phenoxy) is 2. The van der Waals surface area contributed by atoms with E-state index < -0.39 is 5.82 Å². The number of carbonyl (C=O) groups is 2. The molecule has 2 rings (SSSR count). The van der Waals surface area contributed by atoms with Crippen molar-refractivity contribution in [3.63, 3.8) is 0 Å². The van der Waals surface area contributed by atoms with Gasteiger partial charge >= 0.3 is 0 Å². The van der Waals surface area contributed by atoms with E-state index in [0.29, 0.717) is 35.8 Å². The highest BCUT2D eigenvalue weighted by Crippen LogP contribution is 2.28. The molecule has 2 aromatic rings. The maximum atomic E-state index is 13.2. The summed E-state index contributed by atoms with van der Waals surface area (Å²) < 4.78 is 24.1. The Hall–Kier alpha value is -2.89. The van der Waals surface area contributed by atoms with Gasteiger partial charge in [0.25, 0.3) is 0 Å². The maximum Gasteiger partial charge on any atom is 0.224 e. The van der Waals surface area contributed by atoms with Gasteiger partial charge in [0, 0.05) is 17.7 Å². The lowest BCUT2D eigenvalue weighted by atomic mass is 10.1. The van der Waals surface area contributed by atoms with Crippen LogP contribution < -0.4 is 14.8 Å². The van der Waals surface area contributed by atoms with Crippen LogP contribution in [0.15, 0.2) is 36.4 Å². The summed E-state index contributed by atoms with van der Waals surface area (Å²) in [5.74, 6) is 0.326. The molecule has 1 N–H and O–H groups in total. The minimum Gasteiger partial charge on any atom is -0.493 e. The van der Waals surface area contributed by atoms with Crippen LogP contribution in [-0.4, -0.2) is 25.4 Å². The molecular formula is C20H22FNO4. The number of halogens is 1. The van der Waals surface area contributed by atoms with Gasteiger partial charge < -0.3 is 14.8 Å². The van der Waals surface area contributed by atoms with Gasteiger partial charge in [-0.15, -0.1) is 0 Å². The van der Waals surface area contributed by atoms with Gasteiger partial charge in [0.15, 0.2) is 17.3 Å². The number of carbonyl (C=O) groups excluding carboxylic acids is 2. The van der Waals surface area contributed by atoms with Crippen molar-refractivity contribution in [1.82, 2.24) is 0 Å². The summed E-state index contributed by atoms with van der Waals surface area (Å²) in [4.78, 5) is 23.4. The number of benzene rings is 2. The second-order valence-corrected chi connectivity index (χ2v) is 5.88. The highest BCUT2D eigenvalue weighted by Gasteiger charge is 2.09. The summed E-state index contributed by atoms with van der Waals surface area (Å²) in [5, 5.41) is 2.70. The average Bonchev–Trinajstić information content (AvgIpc) is 2.61. The highest BCUT2D eigenvalue weighted by atomic mass is 19.1. The van der Waals surface area contributed by atoms with E-state index in [1.807, 2.05) is 0 Å². The fourth-order valence-electron chi connectivity index (χ4n) is 2.36. The van der Waals surface area contributed by atoms with Crippen LogP contribution in [0.25, 0.3) is 0 Å². The van der Waals surface area contributed by atoms with Crippen molar-refractivity contribution < 1.29 is 23.5 Å². The first-order chi connectivity index (χ1) is 12.4. The third kappa shape index (κ3) is 5.31. The lowest BCUT2D eigenvalue weighted by Gasteiger charge is -2.12. The number of hydrogen-bond donors (Lipinski definition) is 1. The molecule has 0 heterocycles. The van der Waals surface area contributed by atoms with E-state index in [0.717, 1.165) is 5.56 Å². The molecule has 138 valence electrons. The number of ketones is 1. The standard InChI is InChI=1S/C20H22FNO4/c1-13-6-8-16(21)12-17(13)22-20(24)5-4-10-26-18-9-7-15(14(2)23)11-19(18)25-3/h6-9,11-12H,4-5,10H2,1-3H3,(H,22,24). The summed E-state index contributed by atoms with van der Waals surface area (Å²) >= 11 is 0. The number of Topliss-reactive ketones (excluding diaryl/α,β-unsaturated/α-hetero) is 1. The van der Waals surface area contributed by atoms with E-state index in [1.165, 1.54) is 26.2 Å². The van der Waals surface area contributed by atoms with Crippen molar-refractivity contribution >= 4 is 17.4 Å². The van der Waals surface area contributed by atoms with E-state index in [4.69, 9.17) is 9.47 Å². The molecule has 0 aliphatic rings. The number of aryl methyl sites for hydroxylation is 1. The lowest BCUT2D eigenvalue weighted by Crippen LogP contribution is -2.14. The van der Waals surface area contributed by atoms with Crippen LogP contribution >= 0.6 is 0 Å². The predicted molar refractivity (Wildman–Crippen MR) is 97.5 cm³/mol. The fraction of sp³-hybridized carbons (Fsp3) is 0.300. The molecule has 0 spiro atoms. The minimum atomic E-state index is -0.393. The van der Waals surface area contributed by atoms with E-state index in [9.17, 15) is 14.0 Å². The van der Waals surface area contributed by atoms with Crippen molar-refractivity contribution in [2.75, 3.05) is 19.0 Å². The first-order valence-corrected chi connectivity index (χ1v) is 8.28. The van der Waals surface area contributed by atoms with Gasteiger partial charge in [0.2, 0.25) is 5.91 Å². The SMILES string of the molecule is COc1cc(C(C)=O)ccc1OCCCC(=O)Nc1cc(F)ccc1C. The van der Waals surface area contributed by atoms with Crippen LogP contribution in [0.5, 0.6) is 11.5 Å². The predicted octanol–water partition coefficient (Wildman–Crippen LogP) is 4.14. The first-order valence-electron chi connectivity index (χ1n) is 8.28. The molecule has 0 aliphatic carbocycles. The van der Waals surface area contributed by atoms with Crippen molar-refractivity contribution in [3.05, 3.63) is 53.3 Å². The number of anilines is 1. The molecule has 26 heavy (non-hydrogen) atoms. The number of nitrogens with one attached hydrogen (secondary N) is 1. The summed E-state index contributed by atoms with van der Waals surface area (Å²) in [5.41, 5.74) is 1.81. The Morgan fingerprint density at radius 3 is 2.58 bits per heavy atom. The Kier molecular flexibility index (Phi) is 6.72. The van der Waals surface area contributed by atoms with E-state index in [1.54, 1.807) is 31.2 Å². The normalized spacial score (nSPS) is 10.3. The molecule has 0 atom stereocenters. The van der Waals surface area contributed by atoms with Gasteiger partial charge in [-0.3, -0.25) is 9.59 Å². The molecule has 0 radical (unpaired) electrons. The first kappa shape index (κ1) is 19.4. The third-order valence-corrected chi connectivity index (χ3v) is 3.85. The van der Waals surface area contributed by atoms with Gasteiger partial charge in [-0.1, -0.05) is 6.07 Å². The van der Waals surface area contributed by atoms with Crippen LogP contribution in [0, 0.1) is 12.7 Å². The summed E-state index contributed by atoms with van der Waals surface area (Å²) in [7, 11) is 1.50. The Morgan fingerprint density at radius 1 is 1.12 bits per heavy atom. The van der Waals surface area contributed by atoms with Gasteiger partial charge in [0.05, 0.1) is 13.7 Å². The van der Waals surface area contributed by atoms with Crippen LogP contribution in [-0.2, 0) is 4.79 Å². The molecule has 0 fully saturated rings. The van der Waals surface area contributed by atoms with Gasteiger partial charge in [-0.05, 0) is 56.2 Å². The van der Waals surface area contributed by atoms with Crippen molar-refractivity contribution in [3.8, 4) is 11.5 Å². The molecule has 0 aliphatic heterocycles. The maximum absolute atomic E-state index is 13.2. The van der Waals surface area contributed by atoms with Crippen molar-refractivity contribution in [2.45, 2.75) is 26.7 Å². The molecule has 6 heteroatoms. The average molecular weight is 359 g/mol. The monoisotopic (exact) mass is 359 g/mol. The highest BCUT2D eigenvalue weighted by molar-refractivity contribution is 5.94. The van der Waals surface area contributed by atoms with Crippen LogP contribution in [0.4, 0.5) is 10.1 Å². The zero-order valence-corrected chi connectivity index (χ0v) is 15.1. The molecule has 0 unspecified atom stereocenters. The summed E-state index contributed by atoms with van der Waals surface area (Å²) in [6.45, 7) is 3.59. The van der Waals surface area contributed by atoms with Crippen molar-refractivity contribution in [2.24, 2.45) is 0 Å². The topological polar surface area (TPSA) is 64.6 Å². The molecule has 0 saturated carbocycles. The molecule has 5 nitrogen and oxygen atoms in total. The zero-order chi connectivity index (χ0) is 19.1. The number of hydrogen-bond acceptors (Lipinski definition) is 4. The molecular weight excluding hydrogens is 337 g/mol. The quantitative estimate of drug-likeness (QED) is 0.568. The number of rotatable bonds is 8. The fourth-order valence-corrected chi connectivity index (χ4v) is 2.36. The summed E-state index contributed by atoms with van der Waals surface area (Å²) in [6, 6.07) is 9.22. The second kappa shape index (κ2) is 8.99. The lowest BCUT2D eigenvalue weighted by molar-refractivity contribution is -0.116. The Bertz CT molecular complexity index is 804. The largest absolute Gasteiger partial charge is 0.493 e. The van der Waals surface area contributed by atoms with Crippen LogP contribution in [0.2, 0.25) is 0 Å². The summed E-state index contributed by atoms with van der Waals surface area (Å²) in [6.07, 6.45) is 0.724. The van der Waals surface area contributed by atoms with E-state index >= 15 is 0 Å². The molecule has 2 aromatic carbocycles. The van der Waals surface area contributed by atoms with E-state index in [2.05, 4.69) is 5.32 Å². The molecule has 0 aromatic heterocycles. The molecule has 0 saturated heterocycles. The van der Waals surface area contributed by atoms with Crippen molar-refractivity contribution in [1.29, 1.82) is 0 Å². The Morgan fingerprint density at radius 2 is 1.88 bits per heavy atom. The number of amides is 1.